The number of aliphatic carboxylic acids is 1. The number of carbonyl (C=O) groups excluding carboxylic acids is 1. The maximum atomic E-state index is 12.9. The minimum absolute atomic E-state index is 0.0227. The van der Waals surface area contributed by atoms with E-state index in [1.807, 2.05) is 0 Å². The van der Waals surface area contributed by atoms with Crippen LogP contribution in [0.3, 0.4) is 0 Å². The van der Waals surface area contributed by atoms with E-state index in [-0.39, 0.29) is 19.3 Å². The monoisotopic (exact) mass is 271 g/mol. The van der Waals surface area contributed by atoms with Gasteiger partial charge in [0.15, 0.2) is 11.6 Å². The van der Waals surface area contributed by atoms with Crippen LogP contribution in [0.15, 0.2) is 18.2 Å². The molecule has 0 spiro atoms. The van der Waals surface area contributed by atoms with Gasteiger partial charge < -0.3 is 10.4 Å². The average Bonchev–Trinajstić information content (AvgIpc) is 2.37. The second kappa shape index (κ2) is 6.82. The Morgan fingerprint density at radius 1 is 1.32 bits per heavy atom. The SMILES string of the molecule is CC[C@H](NC(=O)CCc1ccc(F)c(F)c1)C(=O)O. The van der Waals surface area contributed by atoms with Gasteiger partial charge in [0.1, 0.15) is 6.04 Å². The molecule has 0 heterocycles. The Kier molecular flexibility index (Phi) is 5.41. The first-order chi connectivity index (χ1) is 8.93. The third kappa shape index (κ3) is 4.65. The average molecular weight is 271 g/mol. The quantitative estimate of drug-likeness (QED) is 0.830. The van der Waals surface area contributed by atoms with Crippen LogP contribution < -0.4 is 5.32 Å². The van der Waals surface area contributed by atoms with E-state index in [1.165, 1.54) is 6.07 Å². The van der Waals surface area contributed by atoms with Crippen molar-refractivity contribution >= 4 is 11.9 Å². The van der Waals surface area contributed by atoms with Crippen molar-refractivity contribution in [2.24, 2.45) is 0 Å². The number of hydrogen-bond acceptors (Lipinski definition) is 2. The first kappa shape index (κ1) is 15.1. The van der Waals surface area contributed by atoms with Crippen LogP contribution in [0, 0.1) is 11.6 Å². The van der Waals surface area contributed by atoms with Gasteiger partial charge in [-0.15, -0.1) is 0 Å². The van der Waals surface area contributed by atoms with Crippen molar-refractivity contribution in [1.82, 2.24) is 5.32 Å². The third-order valence-electron chi connectivity index (χ3n) is 2.67. The minimum Gasteiger partial charge on any atom is -0.480 e. The van der Waals surface area contributed by atoms with E-state index in [1.54, 1.807) is 6.92 Å². The standard InChI is InChI=1S/C13H15F2NO3/c1-2-11(13(18)19)16-12(17)6-4-8-3-5-9(14)10(15)7-8/h3,5,7,11H,2,4,6H2,1H3,(H,16,17)(H,18,19)/t11-/m0/s1. The fourth-order valence-electron chi connectivity index (χ4n) is 1.56. The summed E-state index contributed by atoms with van der Waals surface area (Å²) in [7, 11) is 0. The maximum Gasteiger partial charge on any atom is 0.326 e. The second-order valence-electron chi connectivity index (χ2n) is 4.12. The smallest absolute Gasteiger partial charge is 0.326 e. The predicted molar refractivity (Wildman–Crippen MR) is 64.5 cm³/mol. The van der Waals surface area contributed by atoms with Gasteiger partial charge in [0, 0.05) is 6.42 Å². The van der Waals surface area contributed by atoms with Crippen LogP contribution in [0.1, 0.15) is 25.3 Å². The van der Waals surface area contributed by atoms with Crippen molar-refractivity contribution in [1.29, 1.82) is 0 Å². The molecule has 0 aromatic heterocycles. The summed E-state index contributed by atoms with van der Waals surface area (Å²) in [5.41, 5.74) is 0.484. The van der Waals surface area contributed by atoms with Gasteiger partial charge in [-0.2, -0.15) is 0 Å². The molecule has 104 valence electrons. The van der Waals surface area contributed by atoms with Gasteiger partial charge in [-0.05, 0) is 30.5 Å². The fraction of sp³-hybridized carbons (Fsp3) is 0.385. The number of rotatable bonds is 6. The fourth-order valence-corrected chi connectivity index (χ4v) is 1.56. The van der Waals surface area contributed by atoms with Crippen molar-refractivity contribution < 1.29 is 23.5 Å². The molecule has 4 nitrogen and oxygen atoms in total. The van der Waals surface area contributed by atoms with Crippen LogP contribution in [0.25, 0.3) is 0 Å². The molecule has 1 aromatic rings. The predicted octanol–water partition coefficient (Wildman–Crippen LogP) is 1.88. The summed E-state index contributed by atoms with van der Waals surface area (Å²) in [5.74, 6) is -3.43. The van der Waals surface area contributed by atoms with Gasteiger partial charge in [0.05, 0.1) is 0 Å². The van der Waals surface area contributed by atoms with E-state index >= 15 is 0 Å². The first-order valence-electron chi connectivity index (χ1n) is 5.90. The normalized spacial score (nSPS) is 11.9. The molecule has 19 heavy (non-hydrogen) atoms. The van der Waals surface area contributed by atoms with Gasteiger partial charge in [-0.25, -0.2) is 13.6 Å². The van der Waals surface area contributed by atoms with Crippen LogP contribution in [-0.4, -0.2) is 23.0 Å². The topological polar surface area (TPSA) is 66.4 Å². The van der Waals surface area contributed by atoms with Gasteiger partial charge in [0.2, 0.25) is 5.91 Å². The molecule has 0 radical (unpaired) electrons. The lowest BCUT2D eigenvalue weighted by Gasteiger charge is -2.12. The van der Waals surface area contributed by atoms with Gasteiger partial charge in [-0.3, -0.25) is 4.79 Å². The van der Waals surface area contributed by atoms with Crippen LogP contribution in [0.2, 0.25) is 0 Å². The molecule has 0 aliphatic carbocycles. The van der Waals surface area contributed by atoms with E-state index < -0.39 is 29.6 Å². The van der Waals surface area contributed by atoms with Crippen LogP contribution in [0.4, 0.5) is 8.78 Å². The Morgan fingerprint density at radius 2 is 2.00 bits per heavy atom. The lowest BCUT2D eigenvalue weighted by atomic mass is 10.1. The van der Waals surface area contributed by atoms with Gasteiger partial charge in [0.25, 0.3) is 0 Å². The lowest BCUT2D eigenvalue weighted by Crippen LogP contribution is -2.40. The Morgan fingerprint density at radius 3 is 2.53 bits per heavy atom. The van der Waals surface area contributed by atoms with Gasteiger partial charge >= 0.3 is 5.97 Å². The van der Waals surface area contributed by atoms with Crippen LogP contribution in [0.5, 0.6) is 0 Å². The van der Waals surface area contributed by atoms with Crippen LogP contribution >= 0.6 is 0 Å². The number of amides is 1. The largest absolute Gasteiger partial charge is 0.480 e. The number of carboxylic acid groups (broad SMARTS) is 1. The number of carbonyl (C=O) groups is 2. The molecule has 1 rings (SSSR count). The zero-order valence-electron chi connectivity index (χ0n) is 10.5. The maximum absolute atomic E-state index is 12.9. The van der Waals surface area contributed by atoms with E-state index in [0.29, 0.717) is 5.56 Å². The zero-order chi connectivity index (χ0) is 14.4. The third-order valence-corrected chi connectivity index (χ3v) is 2.67. The molecule has 0 saturated carbocycles. The Balaban J connectivity index is 2.49. The Hall–Kier alpha value is -1.98. The number of aryl methyl sites for hydroxylation is 1. The first-order valence-corrected chi connectivity index (χ1v) is 5.90. The van der Waals surface area contributed by atoms with Crippen LogP contribution in [-0.2, 0) is 16.0 Å². The summed E-state index contributed by atoms with van der Waals surface area (Å²) in [5, 5.41) is 11.1. The van der Waals surface area contributed by atoms with Crippen molar-refractivity contribution in [3.8, 4) is 0 Å². The molecule has 0 aliphatic heterocycles. The molecule has 2 N–H and O–H groups in total. The highest BCUT2D eigenvalue weighted by Crippen LogP contribution is 2.10. The highest BCUT2D eigenvalue weighted by Gasteiger charge is 2.17. The van der Waals surface area contributed by atoms with E-state index in [2.05, 4.69) is 5.32 Å². The molecular formula is C13H15F2NO3. The molecule has 0 saturated heterocycles. The van der Waals surface area contributed by atoms with Crippen molar-refractivity contribution in [3.05, 3.63) is 35.4 Å². The highest BCUT2D eigenvalue weighted by atomic mass is 19.2. The van der Waals surface area contributed by atoms with E-state index in [9.17, 15) is 18.4 Å². The lowest BCUT2D eigenvalue weighted by molar-refractivity contribution is -0.141. The zero-order valence-corrected chi connectivity index (χ0v) is 10.5. The summed E-state index contributed by atoms with van der Waals surface area (Å²) in [6, 6.07) is 2.49. The summed E-state index contributed by atoms with van der Waals surface area (Å²) >= 11 is 0. The molecule has 0 unspecified atom stereocenters. The molecule has 0 bridgehead atoms. The summed E-state index contributed by atoms with van der Waals surface area (Å²) < 4.78 is 25.6. The number of hydrogen-bond donors (Lipinski definition) is 2. The second-order valence-corrected chi connectivity index (χ2v) is 4.12. The molecule has 1 amide bonds. The number of halogens is 2. The van der Waals surface area contributed by atoms with Crippen molar-refractivity contribution in [3.63, 3.8) is 0 Å². The molecule has 0 aliphatic rings. The van der Waals surface area contributed by atoms with Crippen molar-refractivity contribution in [2.45, 2.75) is 32.2 Å². The molecule has 1 atom stereocenters. The summed E-state index contributed by atoms with van der Waals surface area (Å²) in [6.45, 7) is 1.65. The highest BCUT2D eigenvalue weighted by molar-refractivity contribution is 5.83. The molecule has 0 fully saturated rings. The number of benzene rings is 1. The molecular weight excluding hydrogens is 256 g/mol. The summed E-state index contributed by atoms with van der Waals surface area (Å²) in [4.78, 5) is 22.2. The van der Waals surface area contributed by atoms with Crippen molar-refractivity contribution in [2.75, 3.05) is 0 Å². The van der Waals surface area contributed by atoms with E-state index in [0.717, 1.165) is 12.1 Å². The Bertz CT molecular complexity index is 477. The summed E-state index contributed by atoms with van der Waals surface area (Å²) in [6.07, 6.45) is 0.528. The minimum atomic E-state index is -1.09. The number of carboxylic acids is 1. The number of nitrogens with one attached hydrogen (secondary N) is 1. The molecule has 1 aromatic carbocycles. The Labute approximate surface area is 109 Å². The van der Waals surface area contributed by atoms with Gasteiger partial charge in [-0.1, -0.05) is 13.0 Å². The molecule has 6 heteroatoms. The van der Waals surface area contributed by atoms with E-state index in [4.69, 9.17) is 5.11 Å².